The number of halogens is 1. The molecule has 1 aromatic rings. The van der Waals surface area contributed by atoms with Crippen LogP contribution in [0.4, 0.5) is 5.69 Å². The highest BCUT2D eigenvalue weighted by Crippen LogP contribution is 2.20. The third-order valence-corrected chi connectivity index (χ3v) is 4.60. The maximum Gasteiger partial charge on any atom is 0.313 e. The maximum absolute atomic E-state index is 12.2. The van der Waals surface area contributed by atoms with Gasteiger partial charge in [-0.05, 0) is 30.7 Å². The van der Waals surface area contributed by atoms with Crippen LogP contribution in [0.1, 0.15) is 5.56 Å². The number of carbonyl (C=O) groups is 2. The minimum absolute atomic E-state index is 0.479. The molecule has 7 heteroatoms. The van der Waals surface area contributed by atoms with Crippen LogP contribution in [0.2, 0.25) is 0 Å². The molecule has 6 nitrogen and oxygen atoms in total. The van der Waals surface area contributed by atoms with Gasteiger partial charge in [-0.2, -0.15) is 0 Å². The second-order valence-electron chi connectivity index (χ2n) is 5.34. The van der Waals surface area contributed by atoms with Crippen molar-refractivity contribution in [3.05, 3.63) is 28.2 Å². The Hall–Kier alpha value is -1.44. The number of amides is 2. The van der Waals surface area contributed by atoms with E-state index in [0.717, 1.165) is 29.7 Å². The molecule has 2 rings (SSSR count). The third kappa shape index (κ3) is 4.28. The summed E-state index contributed by atoms with van der Waals surface area (Å²) >= 11 is 3.40. The van der Waals surface area contributed by atoms with Crippen molar-refractivity contribution in [3.8, 4) is 0 Å². The van der Waals surface area contributed by atoms with Crippen molar-refractivity contribution in [1.29, 1.82) is 0 Å². The standard InChI is InChI=1S/C15H21BrN4O2/c1-11-10-12(2-3-13(11)16)18-14(21)15(22)20-8-6-19(5-4-17)7-9-20/h2-3,10H,4-9,17H2,1H3,(H,18,21). The van der Waals surface area contributed by atoms with E-state index in [-0.39, 0.29) is 0 Å². The topological polar surface area (TPSA) is 78.7 Å². The molecule has 0 bridgehead atoms. The molecule has 0 radical (unpaired) electrons. The Kier molecular flexibility index (Phi) is 5.93. The van der Waals surface area contributed by atoms with Gasteiger partial charge in [0.2, 0.25) is 0 Å². The molecular weight excluding hydrogens is 348 g/mol. The highest BCUT2D eigenvalue weighted by Gasteiger charge is 2.25. The Balaban J connectivity index is 1.90. The smallest absolute Gasteiger partial charge is 0.313 e. The van der Waals surface area contributed by atoms with Crippen molar-refractivity contribution in [2.24, 2.45) is 5.73 Å². The van der Waals surface area contributed by atoms with Gasteiger partial charge in [0.1, 0.15) is 0 Å². The van der Waals surface area contributed by atoms with Crippen molar-refractivity contribution in [2.45, 2.75) is 6.92 Å². The fourth-order valence-corrected chi connectivity index (χ4v) is 2.65. The molecule has 2 amide bonds. The molecule has 3 N–H and O–H groups in total. The van der Waals surface area contributed by atoms with Gasteiger partial charge in [0, 0.05) is 49.4 Å². The number of carbonyl (C=O) groups excluding carboxylic acids is 2. The number of piperazine rings is 1. The van der Waals surface area contributed by atoms with Crippen LogP contribution < -0.4 is 11.1 Å². The van der Waals surface area contributed by atoms with Crippen LogP contribution in [0.3, 0.4) is 0 Å². The van der Waals surface area contributed by atoms with Gasteiger partial charge in [0.25, 0.3) is 0 Å². The Morgan fingerprint density at radius 2 is 1.95 bits per heavy atom. The first kappa shape index (κ1) is 16.9. The van der Waals surface area contributed by atoms with E-state index in [2.05, 4.69) is 26.1 Å². The molecule has 1 heterocycles. The van der Waals surface area contributed by atoms with Crippen molar-refractivity contribution < 1.29 is 9.59 Å². The van der Waals surface area contributed by atoms with E-state index >= 15 is 0 Å². The van der Waals surface area contributed by atoms with Crippen molar-refractivity contribution in [1.82, 2.24) is 9.80 Å². The van der Waals surface area contributed by atoms with Gasteiger partial charge in [-0.3, -0.25) is 14.5 Å². The van der Waals surface area contributed by atoms with Gasteiger partial charge >= 0.3 is 11.8 Å². The molecule has 1 aromatic carbocycles. The second-order valence-corrected chi connectivity index (χ2v) is 6.19. The molecule has 0 spiro atoms. The van der Waals surface area contributed by atoms with Gasteiger partial charge in [-0.1, -0.05) is 15.9 Å². The fraction of sp³-hybridized carbons (Fsp3) is 0.467. The Labute approximate surface area is 138 Å². The van der Waals surface area contributed by atoms with Gasteiger partial charge in [-0.25, -0.2) is 0 Å². The minimum atomic E-state index is -0.589. The molecular formula is C15H21BrN4O2. The van der Waals surface area contributed by atoms with Crippen LogP contribution in [0, 0.1) is 6.92 Å². The number of aryl methyl sites for hydroxylation is 1. The van der Waals surface area contributed by atoms with Crippen LogP contribution in [0.15, 0.2) is 22.7 Å². The summed E-state index contributed by atoms with van der Waals surface area (Å²) < 4.78 is 0.966. The predicted molar refractivity (Wildman–Crippen MR) is 89.6 cm³/mol. The molecule has 0 atom stereocenters. The van der Waals surface area contributed by atoms with Gasteiger partial charge in [0.05, 0.1) is 0 Å². The van der Waals surface area contributed by atoms with Crippen molar-refractivity contribution in [2.75, 3.05) is 44.6 Å². The summed E-state index contributed by atoms with van der Waals surface area (Å²) in [5.74, 6) is -1.07. The van der Waals surface area contributed by atoms with Crippen LogP contribution in [0.25, 0.3) is 0 Å². The monoisotopic (exact) mass is 368 g/mol. The Morgan fingerprint density at radius 3 is 2.55 bits per heavy atom. The van der Waals surface area contributed by atoms with E-state index in [4.69, 9.17) is 5.73 Å². The van der Waals surface area contributed by atoms with Crippen LogP contribution in [-0.2, 0) is 9.59 Å². The first-order valence-corrected chi connectivity index (χ1v) is 8.09. The van der Waals surface area contributed by atoms with E-state index in [1.807, 2.05) is 19.1 Å². The third-order valence-electron chi connectivity index (χ3n) is 3.71. The average Bonchev–Trinajstić information content (AvgIpc) is 2.51. The van der Waals surface area contributed by atoms with Crippen molar-refractivity contribution in [3.63, 3.8) is 0 Å². The number of hydrogen-bond donors (Lipinski definition) is 2. The molecule has 120 valence electrons. The summed E-state index contributed by atoms with van der Waals surface area (Å²) in [5.41, 5.74) is 7.15. The number of hydrogen-bond acceptors (Lipinski definition) is 4. The lowest BCUT2D eigenvalue weighted by Crippen LogP contribution is -2.52. The lowest BCUT2D eigenvalue weighted by atomic mass is 10.2. The first-order valence-electron chi connectivity index (χ1n) is 7.30. The molecule has 0 aliphatic carbocycles. The zero-order chi connectivity index (χ0) is 16.1. The first-order chi connectivity index (χ1) is 10.5. The normalized spacial score (nSPS) is 15.7. The summed E-state index contributed by atoms with van der Waals surface area (Å²) in [4.78, 5) is 28.0. The van der Waals surface area contributed by atoms with E-state index in [1.54, 1.807) is 11.0 Å². The summed E-state index contributed by atoms with van der Waals surface area (Å²) in [5, 5.41) is 2.66. The molecule has 1 fully saturated rings. The number of rotatable bonds is 3. The number of anilines is 1. The van der Waals surface area contributed by atoms with Crippen LogP contribution in [-0.4, -0.2) is 60.9 Å². The number of nitrogens with zero attached hydrogens (tertiary/aromatic N) is 2. The maximum atomic E-state index is 12.2. The number of benzene rings is 1. The van der Waals surface area contributed by atoms with Crippen LogP contribution >= 0.6 is 15.9 Å². The predicted octanol–water partition coefficient (Wildman–Crippen LogP) is 0.799. The summed E-state index contributed by atoms with van der Waals surface area (Å²) in [6, 6.07) is 5.44. The lowest BCUT2D eigenvalue weighted by Gasteiger charge is -2.34. The summed E-state index contributed by atoms with van der Waals surface area (Å²) in [6.45, 7) is 6.00. The van der Waals surface area contributed by atoms with Gasteiger partial charge in [0.15, 0.2) is 0 Å². The molecule has 0 aromatic heterocycles. The molecule has 1 saturated heterocycles. The van der Waals surface area contributed by atoms with E-state index < -0.39 is 11.8 Å². The van der Waals surface area contributed by atoms with E-state index in [0.29, 0.717) is 25.3 Å². The SMILES string of the molecule is Cc1cc(NC(=O)C(=O)N2CCN(CCN)CC2)ccc1Br. The molecule has 0 unspecified atom stereocenters. The zero-order valence-corrected chi connectivity index (χ0v) is 14.2. The molecule has 1 aliphatic heterocycles. The van der Waals surface area contributed by atoms with Crippen LogP contribution in [0.5, 0.6) is 0 Å². The van der Waals surface area contributed by atoms with Crippen molar-refractivity contribution >= 4 is 33.4 Å². The molecule has 22 heavy (non-hydrogen) atoms. The number of nitrogens with one attached hydrogen (secondary N) is 1. The van der Waals surface area contributed by atoms with Gasteiger partial charge in [-0.15, -0.1) is 0 Å². The molecule has 1 aliphatic rings. The highest BCUT2D eigenvalue weighted by molar-refractivity contribution is 9.10. The molecule has 0 saturated carbocycles. The quantitative estimate of drug-likeness (QED) is 0.773. The lowest BCUT2D eigenvalue weighted by molar-refractivity contribution is -0.144. The largest absolute Gasteiger partial charge is 0.332 e. The fourth-order valence-electron chi connectivity index (χ4n) is 2.41. The van der Waals surface area contributed by atoms with E-state index in [9.17, 15) is 9.59 Å². The average molecular weight is 369 g/mol. The highest BCUT2D eigenvalue weighted by atomic mass is 79.9. The number of nitrogens with two attached hydrogens (primary N) is 1. The Bertz CT molecular complexity index is 556. The minimum Gasteiger partial charge on any atom is -0.332 e. The summed E-state index contributed by atoms with van der Waals surface area (Å²) in [6.07, 6.45) is 0. The Morgan fingerprint density at radius 1 is 1.27 bits per heavy atom. The zero-order valence-electron chi connectivity index (χ0n) is 12.6. The van der Waals surface area contributed by atoms with E-state index in [1.165, 1.54) is 0 Å². The second kappa shape index (κ2) is 7.71. The summed E-state index contributed by atoms with van der Waals surface area (Å²) in [7, 11) is 0. The van der Waals surface area contributed by atoms with Gasteiger partial charge < -0.3 is 16.0 Å².